The Labute approximate surface area is 116 Å². The lowest BCUT2D eigenvalue weighted by Crippen LogP contribution is -2.21. The second-order valence-electron chi connectivity index (χ2n) is 5.43. The van der Waals surface area contributed by atoms with E-state index in [0.29, 0.717) is 16.1 Å². The van der Waals surface area contributed by atoms with E-state index in [1.54, 1.807) is 19.9 Å². The van der Waals surface area contributed by atoms with Crippen LogP contribution in [0.5, 0.6) is 0 Å². The summed E-state index contributed by atoms with van der Waals surface area (Å²) in [7, 11) is 0. The third kappa shape index (κ3) is 2.69. The van der Waals surface area contributed by atoms with Gasteiger partial charge in [-0.15, -0.1) is 0 Å². The van der Waals surface area contributed by atoms with Crippen molar-refractivity contribution < 1.29 is 9.50 Å². The Balaban J connectivity index is 2.88. The first-order valence-corrected chi connectivity index (χ1v) is 6.47. The topological polar surface area (TPSA) is 46.0 Å². The van der Waals surface area contributed by atoms with E-state index in [1.807, 2.05) is 13.8 Å². The molecule has 1 heterocycles. The molecule has 2 rings (SSSR count). The number of aromatic nitrogens is 2. The molecule has 1 aromatic carbocycles. The summed E-state index contributed by atoms with van der Waals surface area (Å²) in [6, 6.07) is 2.87. The van der Waals surface area contributed by atoms with Gasteiger partial charge in [-0.1, -0.05) is 25.4 Å². The van der Waals surface area contributed by atoms with Gasteiger partial charge in [-0.25, -0.2) is 14.4 Å². The lowest BCUT2D eigenvalue weighted by molar-refractivity contribution is 0.0688. The molecule has 0 spiro atoms. The minimum Gasteiger partial charge on any atom is -0.382 e. The second-order valence-corrected chi connectivity index (χ2v) is 5.87. The summed E-state index contributed by atoms with van der Waals surface area (Å²) >= 11 is 5.89. The van der Waals surface area contributed by atoms with Crippen LogP contribution in [0.25, 0.3) is 10.9 Å². The molecule has 3 nitrogen and oxygen atoms in total. The molecule has 0 fully saturated rings. The van der Waals surface area contributed by atoms with Gasteiger partial charge in [-0.3, -0.25) is 0 Å². The Kier molecular flexibility index (Phi) is 3.49. The fraction of sp³-hybridized carbons (Fsp3) is 0.429. The van der Waals surface area contributed by atoms with Crippen LogP contribution >= 0.6 is 11.6 Å². The Morgan fingerprint density at radius 1 is 1.26 bits per heavy atom. The van der Waals surface area contributed by atoms with Crippen LogP contribution in [0.4, 0.5) is 4.39 Å². The molecule has 0 amide bonds. The number of fused-ring (bicyclic) bond motifs is 1. The summed E-state index contributed by atoms with van der Waals surface area (Å²) in [4.78, 5) is 8.50. The monoisotopic (exact) mass is 282 g/mol. The molecule has 0 saturated heterocycles. The van der Waals surface area contributed by atoms with E-state index in [2.05, 4.69) is 9.97 Å². The standard InChI is InChI=1S/C14H16ClFN2O/c1-7(2)11-9-5-8(15)6-10(16)12(9)18-13(17-11)14(3,4)19/h5-7,19H,1-4H3. The molecule has 0 unspecified atom stereocenters. The number of rotatable bonds is 2. The van der Waals surface area contributed by atoms with E-state index in [1.165, 1.54) is 6.07 Å². The summed E-state index contributed by atoms with van der Waals surface area (Å²) in [5, 5.41) is 10.9. The molecule has 1 aromatic heterocycles. The van der Waals surface area contributed by atoms with Gasteiger partial charge < -0.3 is 5.11 Å². The zero-order chi connectivity index (χ0) is 14.4. The molecule has 0 radical (unpaired) electrons. The predicted molar refractivity (Wildman–Crippen MR) is 73.8 cm³/mol. The molecule has 0 aliphatic carbocycles. The lowest BCUT2D eigenvalue weighted by Gasteiger charge is -2.19. The van der Waals surface area contributed by atoms with Gasteiger partial charge in [0.25, 0.3) is 0 Å². The van der Waals surface area contributed by atoms with E-state index in [9.17, 15) is 9.50 Å². The highest BCUT2D eigenvalue weighted by Gasteiger charge is 2.23. The molecular weight excluding hydrogens is 267 g/mol. The maximum absolute atomic E-state index is 14.0. The molecule has 0 atom stereocenters. The summed E-state index contributed by atoms with van der Waals surface area (Å²) in [6.07, 6.45) is 0. The van der Waals surface area contributed by atoms with Crippen LogP contribution in [0.2, 0.25) is 5.02 Å². The first-order chi connectivity index (χ1) is 8.70. The van der Waals surface area contributed by atoms with Crippen molar-refractivity contribution in [2.24, 2.45) is 0 Å². The van der Waals surface area contributed by atoms with E-state index in [4.69, 9.17) is 11.6 Å². The molecule has 19 heavy (non-hydrogen) atoms. The number of hydrogen-bond acceptors (Lipinski definition) is 3. The minimum absolute atomic E-state index is 0.0736. The fourth-order valence-electron chi connectivity index (χ4n) is 1.89. The minimum atomic E-state index is -1.22. The van der Waals surface area contributed by atoms with Gasteiger partial charge in [0.15, 0.2) is 11.6 Å². The van der Waals surface area contributed by atoms with Gasteiger partial charge in [-0.2, -0.15) is 0 Å². The molecular formula is C14H16ClFN2O. The third-order valence-electron chi connectivity index (χ3n) is 2.84. The summed E-state index contributed by atoms with van der Waals surface area (Å²) < 4.78 is 14.0. The van der Waals surface area contributed by atoms with E-state index >= 15 is 0 Å². The SMILES string of the molecule is CC(C)c1nc(C(C)(C)O)nc2c(F)cc(Cl)cc12. The van der Waals surface area contributed by atoms with Crippen LogP contribution < -0.4 is 0 Å². The summed E-state index contributed by atoms with van der Waals surface area (Å²) in [5.41, 5.74) is -0.340. The smallest absolute Gasteiger partial charge is 0.160 e. The van der Waals surface area contributed by atoms with Gasteiger partial charge in [0, 0.05) is 10.4 Å². The van der Waals surface area contributed by atoms with E-state index in [0.717, 1.165) is 0 Å². The molecule has 2 aromatic rings. The number of hydrogen-bond donors (Lipinski definition) is 1. The van der Waals surface area contributed by atoms with Gasteiger partial charge in [0.2, 0.25) is 0 Å². The molecule has 0 bridgehead atoms. The maximum atomic E-state index is 14.0. The van der Waals surface area contributed by atoms with Gasteiger partial charge in [-0.05, 0) is 31.9 Å². The van der Waals surface area contributed by atoms with Crippen molar-refractivity contribution in [3.63, 3.8) is 0 Å². The largest absolute Gasteiger partial charge is 0.382 e. The normalized spacial score (nSPS) is 12.4. The van der Waals surface area contributed by atoms with Crippen molar-refractivity contribution in [2.45, 2.75) is 39.2 Å². The van der Waals surface area contributed by atoms with E-state index < -0.39 is 11.4 Å². The second kappa shape index (κ2) is 4.69. The maximum Gasteiger partial charge on any atom is 0.160 e. The first kappa shape index (κ1) is 14.2. The molecule has 102 valence electrons. The van der Waals surface area contributed by atoms with Crippen molar-refractivity contribution in [1.82, 2.24) is 9.97 Å². The average molecular weight is 283 g/mol. The highest BCUT2D eigenvalue weighted by molar-refractivity contribution is 6.31. The Morgan fingerprint density at radius 3 is 2.42 bits per heavy atom. The van der Waals surface area contributed by atoms with Crippen molar-refractivity contribution in [3.8, 4) is 0 Å². The van der Waals surface area contributed by atoms with Crippen molar-refractivity contribution >= 4 is 22.5 Å². The Hall–Kier alpha value is -1.26. The highest BCUT2D eigenvalue weighted by atomic mass is 35.5. The quantitative estimate of drug-likeness (QED) is 0.912. The van der Waals surface area contributed by atoms with Crippen LogP contribution in [-0.2, 0) is 5.60 Å². The van der Waals surface area contributed by atoms with Crippen molar-refractivity contribution in [3.05, 3.63) is 34.5 Å². The van der Waals surface area contributed by atoms with Crippen molar-refractivity contribution in [2.75, 3.05) is 0 Å². The number of benzene rings is 1. The van der Waals surface area contributed by atoms with Crippen LogP contribution in [0.15, 0.2) is 12.1 Å². The fourth-order valence-corrected chi connectivity index (χ4v) is 2.10. The average Bonchev–Trinajstić information content (AvgIpc) is 2.25. The third-order valence-corrected chi connectivity index (χ3v) is 3.06. The predicted octanol–water partition coefficient (Wildman–Crippen LogP) is 3.77. The lowest BCUT2D eigenvalue weighted by atomic mass is 10.0. The summed E-state index contributed by atoms with van der Waals surface area (Å²) in [5.74, 6) is -0.216. The molecule has 5 heteroatoms. The molecule has 1 N–H and O–H groups in total. The molecule has 0 aliphatic rings. The number of nitrogens with zero attached hydrogens (tertiary/aromatic N) is 2. The van der Waals surface area contributed by atoms with Gasteiger partial charge >= 0.3 is 0 Å². The Morgan fingerprint density at radius 2 is 1.89 bits per heavy atom. The highest BCUT2D eigenvalue weighted by Crippen LogP contribution is 2.29. The summed E-state index contributed by atoms with van der Waals surface area (Å²) in [6.45, 7) is 7.06. The first-order valence-electron chi connectivity index (χ1n) is 6.09. The van der Waals surface area contributed by atoms with Crippen LogP contribution in [-0.4, -0.2) is 15.1 Å². The van der Waals surface area contributed by atoms with Crippen LogP contribution in [0.1, 0.15) is 45.1 Å². The zero-order valence-electron chi connectivity index (χ0n) is 11.3. The van der Waals surface area contributed by atoms with Gasteiger partial charge in [0.1, 0.15) is 11.1 Å². The Bertz CT molecular complexity index is 635. The zero-order valence-corrected chi connectivity index (χ0v) is 12.1. The van der Waals surface area contributed by atoms with Crippen LogP contribution in [0.3, 0.4) is 0 Å². The number of aliphatic hydroxyl groups is 1. The molecule has 0 saturated carbocycles. The van der Waals surface area contributed by atoms with Crippen molar-refractivity contribution in [1.29, 1.82) is 0 Å². The van der Waals surface area contributed by atoms with Gasteiger partial charge in [0.05, 0.1) is 5.69 Å². The molecule has 0 aliphatic heterocycles. The van der Waals surface area contributed by atoms with Crippen LogP contribution in [0, 0.1) is 5.82 Å². The van der Waals surface area contributed by atoms with E-state index in [-0.39, 0.29) is 17.3 Å². The number of halogens is 2.